The highest BCUT2D eigenvalue weighted by atomic mass is 19.4. The van der Waals surface area contributed by atoms with Gasteiger partial charge in [0.1, 0.15) is 5.75 Å². The van der Waals surface area contributed by atoms with Crippen LogP contribution in [0.15, 0.2) is 30.5 Å². The molecule has 0 saturated carbocycles. The minimum absolute atomic E-state index is 0.142. The van der Waals surface area contributed by atoms with Gasteiger partial charge in [0.2, 0.25) is 11.8 Å². The van der Waals surface area contributed by atoms with Gasteiger partial charge in [0.15, 0.2) is 5.69 Å². The molecule has 0 unspecified atom stereocenters. The van der Waals surface area contributed by atoms with Crippen LogP contribution in [-0.2, 0) is 6.18 Å². The molecule has 0 fully saturated rings. The number of pyridine rings is 1. The third-order valence-electron chi connectivity index (χ3n) is 1.85. The molecule has 0 aliphatic rings. The van der Waals surface area contributed by atoms with Gasteiger partial charge in [-0.2, -0.15) is 17.6 Å². The maximum absolute atomic E-state index is 12.5. The normalized spacial score (nSPS) is 11.3. The van der Waals surface area contributed by atoms with Gasteiger partial charge < -0.3 is 4.74 Å². The fourth-order valence-electron chi connectivity index (χ4n) is 1.07. The molecule has 0 aliphatic heterocycles. The number of alkyl halides is 3. The van der Waals surface area contributed by atoms with Gasteiger partial charge in [-0.1, -0.05) is 0 Å². The topological polar surface area (TPSA) is 47.9 Å². The first-order valence-corrected chi connectivity index (χ1v) is 4.65. The van der Waals surface area contributed by atoms with Crippen molar-refractivity contribution in [3.05, 3.63) is 42.1 Å². The van der Waals surface area contributed by atoms with Crippen molar-refractivity contribution in [2.24, 2.45) is 0 Å². The van der Waals surface area contributed by atoms with Crippen molar-refractivity contribution < 1.29 is 22.3 Å². The lowest BCUT2D eigenvalue weighted by molar-refractivity contribution is -0.141. The standard InChI is InChI=1S/C10H5F4N3O/c11-8-3-1-6(5-15-8)18-9-4-2-7(16-17-9)10(12,13)14/h1-5H. The van der Waals surface area contributed by atoms with Crippen LogP contribution in [0.3, 0.4) is 0 Å². The fraction of sp³-hybridized carbons (Fsp3) is 0.100. The van der Waals surface area contributed by atoms with Gasteiger partial charge in [-0.25, -0.2) is 4.98 Å². The van der Waals surface area contributed by atoms with E-state index in [1.165, 1.54) is 6.07 Å². The number of ether oxygens (including phenoxy) is 1. The smallest absolute Gasteiger partial charge is 0.435 e. The van der Waals surface area contributed by atoms with Gasteiger partial charge in [-0.15, -0.1) is 10.2 Å². The summed E-state index contributed by atoms with van der Waals surface area (Å²) in [5, 5.41) is 6.22. The van der Waals surface area contributed by atoms with E-state index >= 15 is 0 Å². The van der Waals surface area contributed by atoms with E-state index in [-0.39, 0.29) is 11.6 Å². The summed E-state index contributed by atoms with van der Waals surface area (Å²) in [6.45, 7) is 0. The Morgan fingerprint density at radius 3 is 2.28 bits per heavy atom. The molecular formula is C10H5F4N3O. The van der Waals surface area contributed by atoms with Crippen LogP contribution in [0.4, 0.5) is 17.6 Å². The molecule has 0 radical (unpaired) electrons. The lowest BCUT2D eigenvalue weighted by Gasteiger charge is -2.06. The molecule has 2 rings (SSSR count). The summed E-state index contributed by atoms with van der Waals surface area (Å²) < 4.78 is 54.1. The van der Waals surface area contributed by atoms with Gasteiger partial charge >= 0.3 is 6.18 Å². The van der Waals surface area contributed by atoms with Crippen molar-refractivity contribution in [2.45, 2.75) is 6.18 Å². The second-order valence-electron chi connectivity index (χ2n) is 3.17. The monoisotopic (exact) mass is 259 g/mol. The van der Waals surface area contributed by atoms with Gasteiger partial charge in [0.05, 0.1) is 6.20 Å². The Morgan fingerprint density at radius 2 is 1.78 bits per heavy atom. The van der Waals surface area contributed by atoms with Gasteiger partial charge in [-0.05, 0) is 18.2 Å². The van der Waals surface area contributed by atoms with E-state index in [0.717, 1.165) is 24.4 Å². The highest BCUT2D eigenvalue weighted by Gasteiger charge is 2.32. The van der Waals surface area contributed by atoms with Crippen LogP contribution in [0.1, 0.15) is 5.69 Å². The van der Waals surface area contributed by atoms with Crippen LogP contribution in [-0.4, -0.2) is 15.2 Å². The van der Waals surface area contributed by atoms with Crippen molar-refractivity contribution >= 4 is 0 Å². The first-order valence-electron chi connectivity index (χ1n) is 4.65. The lowest BCUT2D eigenvalue weighted by atomic mass is 10.4. The molecule has 94 valence electrons. The van der Waals surface area contributed by atoms with E-state index in [1.807, 2.05) is 0 Å². The third-order valence-corrected chi connectivity index (χ3v) is 1.85. The second kappa shape index (κ2) is 4.55. The van der Waals surface area contributed by atoms with Crippen LogP contribution >= 0.6 is 0 Å². The van der Waals surface area contributed by atoms with Crippen LogP contribution < -0.4 is 4.74 Å². The summed E-state index contributed by atoms with van der Waals surface area (Å²) in [5.74, 6) is -0.692. The van der Waals surface area contributed by atoms with Gasteiger partial charge in [0, 0.05) is 6.07 Å². The van der Waals surface area contributed by atoms with E-state index in [0.29, 0.717) is 0 Å². The molecule has 0 aromatic carbocycles. The highest BCUT2D eigenvalue weighted by molar-refractivity contribution is 5.23. The van der Waals surface area contributed by atoms with Crippen LogP contribution in [0.5, 0.6) is 11.6 Å². The Hall–Kier alpha value is -2.25. The summed E-state index contributed by atoms with van der Waals surface area (Å²) in [7, 11) is 0. The molecule has 0 N–H and O–H groups in total. The molecule has 2 aromatic rings. The Balaban J connectivity index is 2.13. The molecule has 0 atom stereocenters. The zero-order chi connectivity index (χ0) is 13.2. The predicted octanol–water partition coefficient (Wildman–Crippen LogP) is 2.82. The first kappa shape index (κ1) is 12.2. The number of hydrogen-bond acceptors (Lipinski definition) is 4. The molecular weight excluding hydrogens is 254 g/mol. The molecule has 0 bridgehead atoms. The van der Waals surface area contributed by atoms with E-state index in [1.54, 1.807) is 0 Å². The Labute approximate surface area is 98.3 Å². The summed E-state index contributed by atoms with van der Waals surface area (Å²) in [5.41, 5.74) is -1.12. The van der Waals surface area contributed by atoms with Crippen LogP contribution in [0, 0.1) is 5.95 Å². The maximum Gasteiger partial charge on any atom is 0.435 e. The summed E-state index contributed by atoms with van der Waals surface area (Å²) in [6.07, 6.45) is -3.47. The Morgan fingerprint density at radius 1 is 1.00 bits per heavy atom. The number of aromatic nitrogens is 3. The van der Waals surface area contributed by atoms with E-state index in [4.69, 9.17) is 4.74 Å². The maximum atomic E-state index is 12.5. The molecule has 8 heteroatoms. The Kier molecular flexibility index (Phi) is 3.09. The molecule has 4 nitrogen and oxygen atoms in total. The average molecular weight is 259 g/mol. The second-order valence-corrected chi connectivity index (χ2v) is 3.17. The number of rotatable bonds is 2. The van der Waals surface area contributed by atoms with Gasteiger partial charge in [0.25, 0.3) is 0 Å². The number of nitrogens with zero attached hydrogens (tertiary/aromatic N) is 3. The molecule has 18 heavy (non-hydrogen) atoms. The molecule has 0 aliphatic carbocycles. The van der Waals surface area contributed by atoms with E-state index < -0.39 is 17.8 Å². The summed E-state index contributed by atoms with van der Waals surface area (Å²) >= 11 is 0. The number of halogens is 4. The predicted molar refractivity (Wildman–Crippen MR) is 51.3 cm³/mol. The minimum atomic E-state index is -4.55. The first-order chi connectivity index (χ1) is 8.45. The van der Waals surface area contributed by atoms with Crippen molar-refractivity contribution in [1.29, 1.82) is 0 Å². The van der Waals surface area contributed by atoms with Crippen molar-refractivity contribution in [1.82, 2.24) is 15.2 Å². The number of hydrogen-bond donors (Lipinski definition) is 0. The fourth-order valence-corrected chi connectivity index (χ4v) is 1.07. The molecule has 0 amide bonds. The Bertz CT molecular complexity index is 524. The van der Waals surface area contributed by atoms with Crippen LogP contribution in [0.2, 0.25) is 0 Å². The largest absolute Gasteiger partial charge is 0.436 e. The van der Waals surface area contributed by atoms with E-state index in [9.17, 15) is 17.6 Å². The average Bonchev–Trinajstić information content (AvgIpc) is 2.32. The zero-order valence-corrected chi connectivity index (χ0v) is 8.65. The van der Waals surface area contributed by atoms with Crippen molar-refractivity contribution in [3.63, 3.8) is 0 Å². The third kappa shape index (κ3) is 2.90. The highest BCUT2D eigenvalue weighted by Crippen LogP contribution is 2.28. The van der Waals surface area contributed by atoms with E-state index in [2.05, 4.69) is 15.2 Å². The SMILES string of the molecule is Fc1ccc(Oc2ccc(C(F)(F)F)nn2)cn1. The minimum Gasteiger partial charge on any atom is -0.436 e. The lowest BCUT2D eigenvalue weighted by Crippen LogP contribution is -2.08. The van der Waals surface area contributed by atoms with Crippen molar-refractivity contribution in [3.8, 4) is 11.6 Å². The molecule has 0 saturated heterocycles. The summed E-state index contributed by atoms with van der Waals surface area (Å²) in [6, 6.07) is 4.06. The quantitative estimate of drug-likeness (QED) is 0.614. The molecule has 2 aromatic heterocycles. The van der Waals surface area contributed by atoms with Gasteiger partial charge in [-0.3, -0.25) is 0 Å². The zero-order valence-electron chi connectivity index (χ0n) is 8.65. The molecule has 2 heterocycles. The summed E-state index contributed by atoms with van der Waals surface area (Å²) in [4.78, 5) is 3.31. The van der Waals surface area contributed by atoms with Crippen molar-refractivity contribution in [2.75, 3.05) is 0 Å². The van der Waals surface area contributed by atoms with Crippen LogP contribution in [0.25, 0.3) is 0 Å². The molecule has 0 spiro atoms.